The predicted octanol–water partition coefficient (Wildman–Crippen LogP) is 13.1. The molecule has 0 aromatic carbocycles. The van der Waals surface area contributed by atoms with Gasteiger partial charge in [-0.15, -0.1) is 0 Å². The topological polar surface area (TPSA) is 307 Å². The van der Waals surface area contributed by atoms with Crippen molar-refractivity contribution in [3.05, 3.63) is 36.5 Å². The molecule has 3 saturated heterocycles. The Kier molecular flexibility index (Phi) is 55.5. The number of carbonyl (C=O) groups is 1. The first-order chi connectivity index (χ1) is 47.8. The first kappa shape index (κ1) is 90.2. The number of allylic oxidation sites excluding steroid dienone is 5. The Morgan fingerprint density at radius 1 is 0.357 bits per heavy atom. The third-order valence-electron chi connectivity index (χ3n) is 20.2. The van der Waals surface area contributed by atoms with Crippen molar-refractivity contribution in [1.29, 1.82) is 0 Å². The van der Waals surface area contributed by atoms with Crippen LogP contribution in [-0.2, 0) is 33.2 Å². The molecule has 0 aromatic rings. The highest BCUT2D eigenvalue weighted by atomic mass is 16.8. The zero-order chi connectivity index (χ0) is 71.1. The standard InChI is InChI=1S/C79H147NO18/c1-3-5-7-9-11-13-15-17-18-19-20-21-22-23-24-25-26-27-28-29-30-31-32-33-34-35-36-37-38-39-40-41-42-43-44-45-47-49-51-53-55-57-67(85)80-62(63(84)56-54-52-50-48-46-16-14-12-10-8-6-4-2)61-93-77-73(91)70(88)75(65(59-82)95-77)98-79-74(92)71(89)76(66(60-83)96-79)97-78-72(90)69(87)68(86)64(58-81)94-78/h10,12,46,48,54,56,62-66,68-79,81-84,86-92H,3-9,11,13-45,47,49-53,55,57-61H2,1-2H3,(H,80,85)/b12-10+,48-46+,56-54+. The molecule has 0 radical (unpaired) electrons. The maximum Gasteiger partial charge on any atom is 0.220 e. The summed E-state index contributed by atoms with van der Waals surface area (Å²) >= 11 is 0. The van der Waals surface area contributed by atoms with Gasteiger partial charge in [0.15, 0.2) is 18.9 Å². The number of carbonyl (C=O) groups excluding carboxylic acids is 1. The summed E-state index contributed by atoms with van der Waals surface area (Å²) in [5, 5.41) is 120. The Morgan fingerprint density at radius 3 is 1.01 bits per heavy atom. The zero-order valence-electron chi connectivity index (χ0n) is 61.5. The van der Waals surface area contributed by atoms with E-state index in [1.54, 1.807) is 6.08 Å². The molecule has 3 heterocycles. The summed E-state index contributed by atoms with van der Waals surface area (Å²) < 4.78 is 34.3. The molecule has 3 fully saturated rings. The van der Waals surface area contributed by atoms with Crippen LogP contribution in [0.2, 0.25) is 0 Å². The summed E-state index contributed by atoms with van der Waals surface area (Å²) in [5.74, 6) is -0.286. The lowest BCUT2D eigenvalue weighted by molar-refractivity contribution is -0.379. The monoisotopic (exact) mass is 1400 g/mol. The average Bonchev–Trinajstić information content (AvgIpc) is 0.785. The first-order valence-corrected chi connectivity index (χ1v) is 40.2. The van der Waals surface area contributed by atoms with Crippen LogP contribution in [0.5, 0.6) is 0 Å². The maximum atomic E-state index is 13.4. The number of unbranched alkanes of at least 4 members (excludes halogenated alkanes) is 44. The number of aliphatic hydroxyl groups excluding tert-OH is 11. The molecule has 19 heteroatoms. The molecule has 0 saturated carbocycles. The van der Waals surface area contributed by atoms with Crippen molar-refractivity contribution in [1.82, 2.24) is 5.32 Å². The third kappa shape index (κ3) is 40.3. The van der Waals surface area contributed by atoms with Gasteiger partial charge < -0.3 is 89.9 Å². The summed E-state index contributed by atoms with van der Waals surface area (Å²) in [6.07, 6.45) is 47.8. The smallest absolute Gasteiger partial charge is 0.220 e. The number of nitrogens with one attached hydrogen (secondary N) is 1. The van der Waals surface area contributed by atoms with Crippen LogP contribution < -0.4 is 5.32 Å². The third-order valence-corrected chi connectivity index (χ3v) is 20.2. The van der Waals surface area contributed by atoms with E-state index >= 15 is 0 Å². The van der Waals surface area contributed by atoms with E-state index in [9.17, 15) is 61.0 Å². The van der Waals surface area contributed by atoms with Crippen molar-refractivity contribution in [2.24, 2.45) is 0 Å². The van der Waals surface area contributed by atoms with Crippen molar-refractivity contribution < 1.29 is 89.4 Å². The summed E-state index contributed by atoms with van der Waals surface area (Å²) in [5.41, 5.74) is 0. The Balaban J connectivity index is 1.25. The van der Waals surface area contributed by atoms with Crippen molar-refractivity contribution in [3.8, 4) is 0 Å². The van der Waals surface area contributed by atoms with Crippen LogP contribution in [0.25, 0.3) is 0 Å². The van der Waals surface area contributed by atoms with Crippen LogP contribution in [0, 0.1) is 0 Å². The van der Waals surface area contributed by atoms with Gasteiger partial charge >= 0.3 is 0 Å². The molecule has 1 amide bonds. The van der Waals surface area contributed by atoms with Gasteiger partial charge in [-0.25, -0.2) is 0 Å². The van der Waals surface area contributed by atoms with Crippen LogP contribution >= 0.6 is 0 Å². The number of hydrogen-bond donors (Lipinski definition) is 12. The minimum Gasteiger partial charge on any atom is -0.394 e. The van der Waals surface area contributed by atoms with Gasteiger partial charge in [-0.2, -0.15) is 0 Å². The summed E-state index contributed by atoms with van der Waals surface area (Å²) in [6, 6.07) is -0.994. The fraction of sp³-hybridized carbons (Fsp3) is 0.911. The molecule has 576 valence electrons. The van der Waals surface area contributed by atoms with E-state index in [-0.39, 0.29) is 18.9 Å². The minimum atomic E-state index is -1.98. The zero-order valence-corrected chi connectivity index (χ0v) is 61.5. The maximum absolute atomic E-state index is 13.4. The van der Waals surface area contributed by atoms with Gasteiger partial charge in [-0.3, -0.25) is 4.79 Å². The average molecular weight is 1400 g/mol. The fourth-order valence-electron chi connectivity index (χ4n) is 13.7. The molecule has 17 unspecified atom stereocenters. The summed E-state index contributed by atoms with van der Waals surface area (Å²) in [4.78, 5) is 13.4. The van der Waals surface area contributed by atoms with Crippen LogP contribution in [0.1, 0.15) is 328 Å². The Bertz CT molecular complexity index is 1910. The second-order valence-electron chi connectivity index (χ2n) is 28.9. The van der Waals surface area contributed by atoms with Crippen molar-refractivity contribution in [2.45, 2.75) is 433 Å². The molecule has 3 aliphatic heterocycles. The van der Waals surface area contributed by atoms with E-state index in [1.807, 2.05) is 6.08 Å². The van der Waals surface area contributed by atoms with E-state index in [2.05, 4.69) is 43.5 Å². The highest BCUT2D eigenvalue weighted by Gasteiger charge is 2.54. The van der Waals surface area contributed by atoms with E-state index < -0.39 is 124 Å². The number of hydrogen-bond acceptors (Lipinski definition) is 18. The molecular formula is C79H147NO18. The normalized spacial score (nSPS) is 26.9. The lowest BCUT2D eigenvalue weighted by atomic mass is 9.96. The van der Waals surface area contributed by atoms with Gasteiger partial charge in [0, 0.05) is 6.42 Å². The number of ether oxygens (including phenoxy) is 6. The van der Waals surface area contributed by atoms with Crippen LogP contribution in [-0.4, -0.2) is 193 Å². The minimum absolute atomic E-state index is 0.236. The highest BCUT2D eigenvalue weighted by molar-refractivity contribution is 5.76. The molecule has 17 atom stereocenters. The number of amides is 1. The van der Waals surface area contributed by atoms with E-state index in [1.165, 1.54) is 250 Å². The highest BCUT2D eigenvalue weighted by Crippen LogP contribution is 2.33. The van der Waals surface area contributed by atoms with Crippen LogP contribution in [0.4, 0.5) is 0 Å². The summed E-state index contributed by atoms with van der Waals surface area (Å²) in [6.45, 7) is 1.68. The molecule has 12 N–H and O–H groups in total. The lowest BCUT2D eigenvalue weighted by Gasteiger charge is -2.48. The molecule has 3 rings (SSSR count). The Hall–Kier alpha value is -1.99. The quantitative estimate of drug-likeness (QED) is 0.0199. The molecule has 19 nitrogen and oxygen atoms in total. The van der Waals surface area contributed by atoms with Gasteiger partial charge in [0.2, 0.25) is 5.91 Å². The van der Waals surface area contributed by atoms with Gasteiger partial charge in [0.05, 0.1) is 38.6 Å². The Labute approximate surface area is 593 Å². The predicted molar refractivity (Wildman–Crippen MR) is 388 cm³/mol. The van der Waals surface area contributed by atoms with Crippen LogP contribution in [0.15, 0.2) is 36.5 Å². The first-order valence-electron chi connectivity index (χ1n) is 40.2. The molecule has 3 aliphatic rings. The van der Waals surface area contributed by atoms with Crippen molar-refractivity contribution >= 4 is 5.91 Å². The van der Waals surface area contributed by atoms with E-state index in [0.717, 1.165) is 44.9 Å². The van der Waals surface area contributed by atoms with Crippen LogP contribution in [0.3, 0.4) is 0 Å². The second kappa shape index (κ2) is 60.3. The lowest BCUT2D eigenvalue weighted by Crippen LogP contribution is -2.66. The van der Waals surface area contributed by atoms with Gasteiger partial charge in [-0.05, 0) is 38.5 Å². The molecule has 0 aromatic heterocycles. The molecular weight excluding hydrogens is 1250 g/mol. The molecule has 0 spiro atoms. The van der Waals surface area contributed by atoms with E-state index in [0.29, 0.717) is 12.8 Å². The van der Waals surface area contributed by atoms with Gasteiger partial charge in [0.1, 0.15) is 73.2 Å². The van der Waals surface area contributed by atoms with Crippen molar-refractivity contribution in [2.75, 3.05) is 26.4 Å². The summed E-state index contributed by atoms with van der Waals surface area (Å²) in [7, 11) is 0. The Morgan fingerprint density at radius 2 is 0.653 bits per heavy atom. The molecule has 98 heavy (non-hydrogen) atoms. The number of rotatable bonds is 64. The number of aliphatic hydroxyl groups is 11. The second-order valence-corrected chi connectivity index (χ2v) is 28.9. The largest absolute Gasteiger partial charge is 0.394 e. The molecule has 0 aliphatic carbocycles. The molecule has 0 bridgehead atoms. The van der Waals surface area contributed by atoms with Crippen molar-refractivity contribution in [3.63, 3.8) is 0 Å². The van der Waals surface area contributed by atoms with Gasteiger partial charge in [-0.1, -0.05) is 320 Å². The fourth-order valence-corrected chi connectivity index (χ4v) is 13.7. The van der Waals surface area contributed by atoms with Gasteiger partial charge in [0.25, 0.3) is 0 Å². The van der Waals surface area contributed by atoms with E-state index in [4.69, 9.17) is 28.4 Å². The SMILES string of the molecule is CCCC/C=C/CC/C=C/CC/C=C/C(O)C(COC1OC(CO)C(OC2OC(CO)C(OC3OC(CO)C(O)C(O)C3O)C(O)C2O)C(O)C1O)NC(=O)CCCCCCCCCCCCCCCCCCCCCCCCCCCCCCCCCCCCCCCCCCC.